The maximum absolute atomic E-state index is 11.6. The highest BCUT2D eigenvalue weighted by Crippen LogP contribution is 2.27. The highest BCUT2D eigenvalue weighted by molar-refractivity contribution is 7.88. The van der Waals surface area contributed by atoms with Crippen molar-refractivity contribution in [2.75, 3.05) is 19.3 Å². The minimum atomic E-state index is -3.14. The van der Waals surface area contributed by atoms with Gasteiger partial charge in [0.05, 0.1) is 6.26 Å². The van der Waals surface area contributed by atoms with E-state index in [4.69, 9.17) is 0 Å². The van der Waals surface area contributed by atoms with E-state index in [0.29, 0.717) is 25.3 Å². The molecule has 0 aliphatic carbocycles. The van der Waals surface area contributed by atoms with Crippen LogP contribution in [-0.2, 0) is 10.0 Å². The molecule has 0 radical (unpaired) electrons. The first-order valence-corrected chi connectivity index (χ1v) is 8.63. The summed E-state index contributed by atoms with van der Waals surface area (Å²) in [4.78, 5) is 8.24. The molecule has 2 atom stereocenters. The van der Waals surface area contributed by atoms with E-state index < -0.39 is 16.1 Å². The summed E-state index contributed by atoms with van der Waals surface area (Å²) in [5.41, 5.74) is 0.946. The third-order valence-corrected chi connectivity index (χ3v) is 4.88. The normalized spacial score (nSPS) is 22.6. The number of aromatic nitrogens is 2. The summed E-state index contributed by atoms with van der Waals surface area (Å²) < 4.78 is 24.6. The van der Waals surface area contributed by atoms with Gasteiger partial charge in [-0.05, 0) is 37.7 Å². The van der Waals surface area contributed by atoms with Gasteiger partial charge in [-0.1, -0.05) is 0 Å². The number of piperidine rings is 1. The van der Waals surface area contributed by atoms with E-state index in [1.54, 1.807) is 12.4 Å². The minimum absolute atomic E-state index is 0.151. The molecule has 2 heterocycles. The Kier molecular flexibility index (Phi) is 4.72. The summed E-state index contributed by atoms with van der Waals surface area (Å²) in [6, 6.07) is 0. The van der Waals surface area contributed by atoms with Crippen molar-refractivity contribution in [3.8, 4) is 0 Å². The topological polar surface area (TPSA) is 83.4 Å². The van der Waals surface area contributed by atoms with Gasteiger partial charge in [0.2, 0.25) is 10.0 Å². The van der Waals surface area contributed by atoms with Gasteiger partial charge in [0, 0.05) is 25.5 Å². The van der Waals surface area contributed by atoms with Crippen LogP contribution in [0.2, 0.25) is 0 Å². The molecule has 112 valence electrons. The Bertz CT molecular complexity index is 544. The summed E-state index contributed by atoms with van der Waals surface area (Å²) in [6.07, 6.45) is 6.10. The quantitative estimate of drug-likeness (QED) is 0.892. The molecule has 0 amide bonds. The molecule has 1 N–H and O–H groups in total. The third kappa shape index (κ3) is 3.97. The molecule has 0 spiro atoms. The molecule has 0 bridgehead atoms. The first-order valence-electron chi connectivity index (χ1n) is 6.78. The Balaban J connectivity index is 1.97. The van der Waals surface area contributed by atoms with Crippen molar-refractivity contribution in [3.63, 3.8) is 0 Å². The Morgan fingerprint density at radius 3 is 2.70 bits per heavy atom. The van der Waals surface area contributed by atoms with Crippen molar-refractivity contribution in [3.05, 3.63) is 23.8 Å². The van der Waals surface area contributed by atoms with Gasteiger partial charge >= 0.3 is 0 Å². The summed E-state index contributed by atoms with van der Waals surface area (Å²) >= 11 is 0. The first-order chi connectivity index (χ1) is 9.36. The maximum atomic E-state index is 11.6. The molecule has 6 nitrogen and oxygen atoms in total. The number of aryl methyl sites for hydroxylation is 1. The molecule has 2 rings (SSSR count). The van der Waals surface area contributed by atoms with Crippen LogP contribution >= 0.6 is 0 Å². The van der Waals surface area contributed by atoms with Crippen LogP contribution < -0.4 is 0 Å². The second-order valence-corrected chi connectivity index (χ2v) is 7.48. The van der Waals surface area contributed by atoms with Gasteiger partial charge in [-0.15, -0.1) is 0 Å². The van der Waals surface area contributed by atoms with Crippen LogP contribution in [0.5, 0.6) is 0 Å². The second-order valence-electron chi connectivity index (χ2n) is 5.50. The molecule has 7 heteroatoms. The van der Waals surface area contributed by atoms with E-state index in [-0.39, 0.29) is 5.92 Å². The molecule has 20 heavy (non-hydrogen) atoms. The number of sulfonamides is 1. The zero-order valence-electron chi connectivity index (χ0n) is 11.9. The van der Waals surface area contributed by atoms with E-state index in [0.717, 1.165) is 18.4 Å². The zero-order chi connectivity index (χ0) is 14.8. The molecular formula is C13H21N3O3S. The number of aliphatic hydroxyl groups excluding tert-OH is 1. The Hall–Kier alpha value is -1.05. The van der Waals surface area contributed by atoms with Gasteiger partial charge in [0.25, 0.3) is 0 Å². The van der Waals surface area contributed by atoms with E-state index in [1.807, 2.05) is 6.92 Å². The summed E-state index contributed by atoms with van der Waals surface area (Å²) in [7, 11) is -3.14. The van der Waals surface area contributed by atoms with Crippen LogP contribution in [0.3, 0.4) is 0 Å². The molecule has 1 aliphatic rings. The molecule has 1 saturated heterocycles. The lowest BCUT2D eigenvalue weighted by Crippen LogP contribution is -2.39. The Labute approximate surface area is 119 Å². The number of aliphatic hydroxyl groups is 1. The van der Waals surface area contributed by atoms with Crippen molar-refractivity contribution in [2.24, 2.45) is 5.92 Å². The predicted molar refractivity (Wildman–Crippen MR) is 75.5 cm³/mol. The van der Waals surface area contributed by atoms with Gasteiger partial charge in [-0.25, -0.2) is 22.7 Å². The highest BCUT2D eigenvalue weighted by Gasteiger charge is 2.28. The van der Waals surface area contributed by atoms with Crippen LogP contribution in [-0.4, -0.2) is 47.1 Å². The van der Waals surface area contributed by atoms with Gasteiger partial charge in [0.15, 0.2) is 5.82 Å². The minimum Gasteiger partial charge on any atom is -0.385 e. The van der Waals surface area contributed by atoms with Crippen molar-refractivity contribution >= 4 is 10.0 Å². The van der Waals surface area contributed by atoms with Gasteiger partial charge in [-0.2, -0.15) is 0 Å². The second kappa shape index (κ2) is 6.15. The SMILES string of the molecule is Cc1cnc(C(O)CC2CCCN(S(C)(=O)=O)C2)nc1. The molecular weight excluding hydrogens is 278 g/mol. The number of rotatable bonds is 4. The molecule has 2 unspecified atom stereocenters. The number of nitrogens with zero attached hydrogens (tertiary/aromatic N) is 3. The number of hydrogen-bond acceptors (Lipinski definition) is 5. The molecule has 0 aromatic carbocycles. The van der Waals surface area contributed by atoms with Crippen LogP contribution in [0.1, 0.15) is 36.8 Å². The average Bonchev–Trinajstić information content (AvgIpc) is 2.38. The van der Waals surface area contributed by atoms with E-state index in [9.17, 15) is 13.5 Å². The lowest BCUT2D eigenvalue weighted by Gasteiger charge is -2.31. The van der Waals surface area contributed by atoms with Crippen LogP contribution in [0, 0.1) is 12.8 Å². The molecule has 1 aliphatic heterocycles. The largest absolute Gasteiger partial charge is 0.385 e. The standard InChI is InChI=1S/C13H21N3O3S/c1-10-7-14-13(15-8-10)12(17)6-11-4-3-5-16(9-11)20(2,18)19/h7-8,11-12,17H,3-6,9H2,1-2H3. The van der Waals surface area contributed by atoms with Crippen LogP contribution in [0.4, 0.5) is 0 Å². The smallest absolute Gasteiger partial charge is 0.211 e. The Morgan fingerprint density at radius 2 is 2.10 bits per heavy atom. The fourth-order valence-electron chi connectivity index (χ4n) is 2.52. The third-order valence-electron chi connectivity index (χ3n) is 3.61. The van der Waals surface area contributed by atoms with Crippen LogP contribution in [0.25, 0.3) is 0 Å². The molecule has 0 saturated carbocycles. The van der Waals surface area contributed by atoms with E-state index in [2.05, 4.69) is 9.97 Å². The fraction of sp³-hybridized carbons (Fsp3) is 0.692. The van der Waals surface area contributed by atoms with Crippen molar-refractivity contribution in [1.82, 2.24) is 14.3 Å². The summed E-state index contributed by atoms with van der Waals surface area (Å²) in [5.74, 6) is 0.561. The molecule has 1 aromatic rings. The van der Waals surface area contributed by atoms with Crippen LogP contribution in [0.15, 0.2) is 12.4 Å². The summed E-state index contributed by atoms with van der Waals surface area (Å²) in [6.45, 7) is 2.94. The van der Waals surface area contributed by atoms with E-state index >= 15 is 0 Å². The Morgan fingerprint density at radius 1 is 1.45 bits per heavy atom. The number of hydrogen-bond donors (Lipinski definition) is 1. The molecule has 1 fully saturated rings. The maximum Gasteiger partial charge on any atom is 0.211 e. The fourth-order valence-corrected chi connectivity index (χ4v) is 3.46. The van der Waals surface area contributed by atoms with Crippen molar-refractivity contribution in [2.45, 2.75) is 32.3 Å². The summed E-state index contributed by atoms with van der Waals surface area (Å²) in [5, 5.41) is 10.2. The predicted octanol–water partition coefficient (Wildman–Crippen LogP) is 0.880. The lowest BCUT2D eigenvalue weighted by molar-refractivity contribution is 0.115. The first kappa shape index (κ1) is 15.3. The average molecular weight is 299 g/mol. The monoisotopic (exact) mass is 299 g/mol. The van der Waals surface area contributed by atoms with Gasteiger partial charge < -0.3 is 5.11 Å². The lowest BCUT2D eigenvalue weighted by atomic mass is 9.93. The van der Waals surface area contributed by atoms with E-state index in [1.165, 1.54) is 10.6 Å². The van der Waals surface area contributed by atoms with Crippen molar-refractivity contribution < 1.29 is 13.5 Å². The highest BCUT2D eigenvalue weighted by atomic mass is 32.2. The van der Waals surface area contributed by atoms with Gasteiger partial charge in [0.1, 0.15) is 6.10 Å². The zero-order valence-corrected chi connectivity index (χ0v) is 12.7. The van der Waals surface area contributed by atoms with Crippen molar-refractivity contribution in [1.29, 1.82) is 0 Å². The van der Waals surface area contributed by atoms with Gasteiger partial charge in [-0.3, -0.25) is 0 Å². The molecule has 1 aromatic heterocycles.